The topological polar surface area (TPSA) is 60.2 Å². The van der Waals surface area contributed by atoms with E-state index in [1.807, 2.05) is 6.07 Å². The predicted molar refractivity (Wildman–Crippen MR) is 52.8 cm³/mol. The minimum absolute atomic E-state index is 0.274. The molecule has 0 atom stereocenters. The first-order chi connectivity index (χ1) is 6.74. The van der Waals surface area contributed by atoms with Crippen LogP contribution in [0.1, 0.15) is 15.9 Å². The highest BCUT2D eigenvalue weighted by Gasteiger charge is 2.24. The standard InChI is InChI=1S/C11H9NO2/c12-6-7-5-10(13)11(14)9-4-2-1-3-8(7)9/h1-5H,6,12H2. The maximum Gasteiger partial charge on any atom is 0.233 e. The third kappa shape index (κ3) is 1.18. The molecule has 2 N–H and O–H groups in total. The van der Waals surface area contributed by atoms with Gasteiger partial charge in [-0.3, -0.25) is 9.59 Å². The number of Topliss-reactive ketones (excluding diaryl/α,β-unsaturated/α-hetero) is 1. The van der Waals surface area contributed by atoms with Crippen LogP contribution in [0.5, 0.6) is 0 Å². The minimum atomic E-state index is -0.482. The smallest absolute Gasteiger partial charge is 0.233 e. The molecule has 0 heterocycles. The summed E-state index contributed by atoms with van der Waals surface area (Å²) < 4.78 is 0. The molecule has 0 bridgehead atoms. The number of carbonyl (C=O) groups excluding carboxylic acids is 2. The highest BCUT2D eigenvalue weighted by molar-refractivity contribution is 6.50. The Bertz CT molecular complexity index is 446. The molecule has 0 saturated heterocycles. The molecule has 0 saturated carbocycles. The Balaban J connectivity index is 2.66. The van der Waals surface area contributed by atoms with Crippen LogP contribution in [-0.4, -0.2) is 18.1 Å². The van der Waals surface area contributed by atoms with Gasteiger partial charge >= 0.3 is 0 Å². The first-order valence-electron chi connectivity index (χ1n) is 4.32. The summed E-state index contributed by atoms with van der Waals surface area (Å²) in [6, 6.07) is 7.02. The van der Waals surface area contributed by atoms with Gasteiger partial charge in [0.25, 0.3) is 0 Å². The van der Waals surface area contributed by atoms with Gasteiger partial charge in [-0.15, -0.1) is 0 Å². The molecule has 0 unspecified atom stereocenters. The number of benzene rings is 1. The van der Waals surface area contributed by atoms with Gasteiger partial charge in [-0.25, -0.2) is 0 Å². The zero-order chi connectivity index (χ0) is 10.1. The van der Waals surface area contributed by atoms with Gasteiger partial charge in [-0.05, 0) is 17.2 Å². The van der Waals surface area contributed by atoms with Gasteiger partial charge in [0.2, 0.25) is 11.6 Å². The zero-order valence-electron chi connectivity index (χ0n) is 7.49. The van der Waals surface area contributed by atoms with Crippen molar-refractivity contribution >= 4 is 17.1 Å². The van der Waals surface area contributed by atoms with Crippen LogP contribution < -0.4 is 5.73 Å². The Hall–Kier alpha value is -1.74. The summed E-state index contributed by atoms with van der Waals surface area (Å²) in [6.07, 6.45) is 1.32. The lowest BCUT2D eigenvalue weighted by atomic mass is 9.89. The zero-order valence-corrected chi connectivity index (χ0v) is 7.49. The second-order valence-corrected chi connectivity index (χ2v) is 3.11. The Morgan fingerprint density at radius 2 is 1.71 bits per heavy atom. The Morgan fingerprint density at radius 1 is 1.07 bits per heavy atom. The van der Waals surface area contributed by atoms with E-state index >= 15 is 0 Å². The number of hydrogen-bond acceptors (Lipinski definition) is 3. The second kappa shape index (κ2) is 3.20. The summed E-state index contributed by atoms with van der Waals surface area (Å²) >= 11 is 0. The minimum Gasteiger partial charge on any atom is -0.326 e. The number of ketones is 2. The molecule has 70 valence electrons. The van der Waals surface area contributed by atoms with Crippen LogP contribution in [-0.2, 0) is 4.79 Å². The van der Waals surface area contributed by atoms with E-state index < -0.39 is 11.6 Å². The SMILES string of the molecule is NCC1=CC(=O)C(=O)c2ccccc21. The van der Waals surface area contributed by atoms with Gasteiger partial charge in [0.05, 0.1) is 0 Å². The number of nitrogens with two attached hydrogens (primary N) is 1. The first-order valence-corrected chi connectivity index (χ1v) is 4.32. The van der Waals surface area contributed by atoms with E-state index in [0.29, 0.717) is 5.56 Å². The van der Waals surface area contributed by atoms with E-state index in [-0.39, 0.29) is 6.54 Å². The fourth-order valence-corrected chi connectivity index (χ4v) is 1.56. The Kier molecular flexibility index (Phi) is 2.02. The molecule has 1 aliphatic carbocycles. The average molecular weight is 187 g/mol. The molecule has 0 aromatic heterocycles. The molecule has 2 rings (SSSR count). The molecule has 3 heteroatoms. The summed E-state index contributed by atoms with van der Waals surface area (Å²) in [7, 11) is 0. The van der Waals surface area contributed by atoms with Gasteiger partial charge in [0.1, 0.15) is 0 Å². The van der Waals surface area contributed by atoms with Crippen molar-refractivity contribution in [2.75, 3.05) is 6.54 Å². The van der Waals surface area contributed by atoms with Crippen molar-refractivity contribution in [2.45, 2.75) is 0 Å². The number of carbonyl (C=O) groups is 2. The number of rotatable bonds is 1. The van der Waals surface area contributed by atoms with Gasteiger partial charge in [-0.2, -0.15) is 0 Å². The molecule has 3 nitrogen and oxygen atoms in total. The second-order valence-electron chi connectivity index (χ2n) is 3.11. The first kappa shape index (κ1) is 8.84. The lowest BCUT2D eigenvalue weighted by Gasteiger charge is -2.13. The molecule has 1 aliphatic rings. The molecule has 0 spiro atoms. The van der Waals surface area contributed by atoms with Crippen LogP contribution in [0.25, 0.3) is 5.57 Å². The van der Waals surface area contributed by atoms with Gasteiger partial charge in [0.15, 0.2) is 0 Å². The summed E-state index contributed by atoms with van der Waals surface area (Å²) in [4.78, 5) is 22.7. The molecule has 1 aromatic carbocycles. The van der Waals surface area contributed by atoms with Crippen LogP contribution in [0.3, 0.4) is 0 Å². The maximum atomic E-state index is 11.4. The van der Waals surface area contributed by atoms with Crippen LogP contribution in [0, 0.1) is 0 Å². The molecule has 14 heavy (non-hydrogen) atoms. The summed E-state index contributed by atoms with van der Waals surface area (Å²) in [5.74, 6) is -0.929. The number of hydrogen-bond donors (Lipinski definition) is 1. The highest BCUT2D eigenvalue weighted by atomic mass is 16.2. The monoisotopic (exact) mass is 187 g/mol. The average Bonchev–Trinajstić information content (AvgIpc) is 2.23. The third-order valence-electron chi connectivity index (χ3n) is 2.27. The van der Waals surface area contributed by atoms with Crippen LogP contribution in [0.2, 0.25) is 0 Å². The molecule has 0 fully saturated rings. The van der Waals surface area contributed by atoms with Crippen LogP contribution in [0.15, 0.2) is 30.3 Å². The van der Waals surface area contributed by atoms with Crippen molar-refractivity contribution in [3.8, 4) is 0 Å². The van der Waals surface area contributed by atoms with Crippen molar-refractivity contribution in [3.05, 3.63) is 41.5 Å². The molecule has 1 aromatic rings. The summed E-state index contributed by atoms with van der Waals surface area (Å²) in [6.45, 7) is 0.274. The molecule has 0 radical (unpaired) electrons. The van der Waals surface area contributed by atoms with Gasteiger partial charge in [-0.1, -0.05) is 24.3 Å². The fourth-order valence-electron chi connectivity index (χ4n) is 1.56. The van der Waals surface area contributed by atoms with Crippen molar-refractivity contribution in [1.82, 2.24) is 0 Å². The maximum absolute atomic E-state index is 11.4. The highest BCUT2D eigenvalue weighted by Crippen LogP contribution is 2.23. The van der Waals surface area contributed by atoms with Crippen LogP contribution in [0.4, 0.5) is 0 Å². The predicted octanol–water partition coefficient (Wildman–Crippen LogP) is 0.794. The van der Waals surface area contributed by atoms with Gasteiger partial charge in [0, 0.05) is 12.1 Å². The van der Waals surface area contributed by atoms with Crippen molar-refractivity contribution in [2.24, 2.45) is 5.73 Å². The quantitative estimate of drug-likeness (QED) is 0.661. The largest absolute Gasteiger partial charge is 0.326 e. The van der Waals surface area contributed by atoms with Crippen molar-refractivity contribution in [1.29, 1.82) is 0 Å². The molecular formula is C11H9NO2. The Morgan fingerprint density at radius 3 is 2.36 bits per heavy atom. The van der Waals surface area contributed by atoms with Crippen LogP contribution >= 0.6 is 0 Å². The lowest BCUT2D eigenvalue weighted by molar-refractivity contribution is -0.111. The summed E-state index contributed by atoms with van der Waals surface area (Å²) in [5, 5.41) is 0. The molecule has 0 amide bonds. The number of allylic oxidation sites excluding steroid dienone is 1. The fraction of sp³-hybridized carbons (Fsp3) is 0.0909. The third-order valence-corrected chi connectivity index (χ3v) is 2.27. The van der Waals surface area contributed by atoms with Crippen molar-refractivity contribution < 1.29 is 9.59 Å². The lowest BCUT2D eigenvalue weighted by Crippen LogP contribution is -2.21. The molecule has 0 aliphatic heterocycles. The van der Waals surface area contributed by atoms with E-state index in [1.165, 1.54) is 6.08 Å². The van der Waals surface area contributed by atoms with E-state index in [1.54, 1.807) is 18.2 Å². The molecular weight excluding hydrogens is 178 g/mol. The van der Waals surface area contributed by atoms with E-state index in [2.05, 4.69) is 0 Å². The van der Waals surface area contributed by atoms with Crippen molar-refractivity contribution in [3.63, 3.8) is 0 Å². The van der Waals surface area contributed by atoms with Gasteiger partial charge < -0.3 is 5.73 Å². The summed E-state index contributed by atoms with van der Waals surface area (Å²) in [5.41, 5.74) is 7.46. The number of fused-ring (bicyclic) bond motifs is 1. The normalized spacial score (nSPS) is 15.1. The van der Waals surface area contributed by atoms with E-state index in [4.69, 9.17) is 5.73 Å². The van der Waals surface area contributed by atoms with E-state index in [0.717, 1.165) is 11.1 Å². The van der Waals surface area contributed by atoms with E-state index in [9.17, 15) is 9.59 Å². The Labute approximate surface area is 81.2 Å².